The van der Waals surface area contributed by atoms with Crippen LogP contribution in [0.1, 0.15) is 90.4 Å². The standard InChI is InChI=1S/C20H36O4/c1-2-3-8-12-20(23)13-11-17-16(18(22)15-19(17)24-20)10-7-5-4-6-9-14-21/h16-17,19,21,23H,2-15H2,1H3/t16-,17-,19-,20+/m1/s1. The third-order valence-electron chi connectivity index (χ3n) is 5.89. The zero-order chi connectivity index (χ0) is 17.4. The number of hydrogen-bond donors (Lipinski definition) is 2. The van der Waals surface area contributed by atoms with Gasteiger partial charge in [-0.1, -0.05) is 45.4 Å². The molecule has 0 radical (unpaired) electrons. The number of rotatable bonds is 11. The fourth-order valence-electron chi connectivity index (χ4n) is 4.46. The highest BCUT2D eigenvalue weighted by Gasteiger charge is 2.49. The summed E-state index contributed by atoms with van der Waals surface area (Å²) in [5.41, 5.74) is 0. The molecule has 0 aromatic heterocycles. The largest absolute Gasteiger partial charge is 0.396 e. The minimum Gasteiger partial charge on any atom is -0.396 e. The minimum atomic E-state index is -0.990. The quantitative estimate of drug-likeness (QED) is 0.559. The van der Waals surface area contributed by atoms with Gasteiger partial charge in [-0.15, -0.1) is 0 Å². The Morgan fingerprint density at radius 1 is 1.12 bits per heavy atom. The molecular formula is C20H36O4. The van der Waals surface area contributed by atoms with Crippen LogP contribution in [0.2, 0.25) is 0 Å². The smallest absolute Gasteiger partial charge is 0.165 e. The summed E-state index contributed by atoms with van der Waals surface area (Å²) in [6, 6.07) is 0. The number of carbonyl (C=O) groups is 1. The fourth-order valence-corrected chi connectivity index (χ4v) is 4.46. The first-order valence-corrected chi connectivity index (χ1v) is 10.1. The summed E-state index contributed by atoms with van der Waals surface area (Å²) in [5.74, 6) is -0.178. The van der Waals surface area contributed by atoms with Crippen LogP contribution in [0.4, 0.5) is 0 Å². The average molecular weight is 341 g/mol. The van der Waals surface area contributed by atoms with Gasteiger partial charge in [0.15, 0.2) is 5.79 Å². The first-order valence-electron chi connectivity index (χ1n) is 10.1. The van der Waals surface area contributed by atoms with Gasteiger partial charge in [0.25, 0.3) is 0 Å². The number of fused-ring (bicyclic) bond motifs is 1. The van der Waals surface area contributed by atoms with Gasteiger partial charge in [-0.05, 0) is 31.6 Å². The lowest BCUT2D eigenvalue weighted by Gasteiger charge is -2.40. The molecule has 0 spiro atoms. The highest BCUT2D eigenvalue weighted by atomic mass is 16.6. The van der Waals surface area contributed by atoms with Gasteiger partial charge in [-0.3, -0.25) is 4.79 Å². The molecule has 24 heavy (non-hydrogen) atoms. The van der Waals surface area contributed by atoms with Gasteiger partial charge in [0.05, 0.1) is 6.10 Å². The van der Waals surface area contributed by atoms with Crippen molar-refractivity contribution in [3.8, 4) is 0 Å². The molecule has 1 aliphatic heterocycles. The van der Waals surface area contributed by atoms with Crippen LogP contribution >= 0.6 is 0 Å². The monoisotopic (exact) mass is 340 g/mol. The topological polar surface area (TPSA) is 66.8 Å². The van der Waals surface area contributed by atoms with Gasteiger partial charge >= 0.3 is 0 Å². The van der Waals surface area contributed by atoms with E-state index in [0.717, 1.165) is 64.2 Å². The lowest BCUT2D eigenvalue weighted by molar-refractivity contribution is -0.268. The highest BCUT2D eigenvalue weighted by molar-refractivity contribution is 5.84. The number of ketones is 1. The van der Waals surface area contributed by atoms with Crippen LogP contribution in [-0.4, -0.2) is 34.5 Å². The van der Waals surface area contributed by atoms with Crippen molar-refractivity contribution in [1.29, 1.82) is 0 Å². The second-order valence-electron chi connectivity index (χ2n) is 7.82. The Hall–Kier alpha value is -0.450. The van der Waals surface area contributed by atoms with Crippen molar-refractivity contribution in [2.24, 2.45) is 11.8 Å². The minimum absolute atomic E-state index is 0.0581. The summed E-state index contributed by atoms with van der Waals surface area (Å²) in [6.45, 7) is 2.44. The zero-order valence-electron chi connectivity index (χ0n) is 15.3. The van der Waals surface area contributed by atoms with Crippen LogP contribution in [0.15, 0.2) is 0 Å². The van der Waals surface area contributed by atoms with E-state index in [-0.39, 0.29) is 18.6 Å². The maximum absolute atomic E-state index is 12.4. The van der Waals surface area contributed by atoms with Gasteiger partial charge in [0.1, 0.15) is 5.78 Å². The Morgan fingerprint density at radius 3 is 2.62 bits per heavy atom. The lowest BCUT2D eigenvalue weighted by Crippen LogP contribution is -2.44. The number of carbonyl (C=O) groups excluding carboxylic acids is 1. The van der Waals surface area contributed by atoms with E-state index in [1.54, 1.807) is 0 Å². The summed E-state index contributed by atoms with van der Waals surface area (Å²) in [4.78, 5) is 12.4. The molecule has 2 fully saturated rings. The predicted molar refractivity (Wildman–Crippen MR) is 94.6 cm³/mol. The average Bonchev–Trinajstić information content (AvgIpc) is 2.85. The van der Waals surface area contributed by atoms with E-state index in [4.69, 9.17) is 9.84 Å². The molecule has 4 nitrogen and oxygen atoms in total. The summed E-state index contributed by atoms with van der Waals surface area (Å²) in [7, 11) is 0. The van der Waals surface area contributed by atoms with Crippen LogP contribution in [0.3, 0.4) is 0 Å². The molecule has 0 aromatic rings. The Morgan fingerprint density at radius 2 is 1.88 bits per heavy atom. The Kier molecular flexibility index (Phi) is 8.18. The normalized spacial score (nSPS) is 33.0. The number of unbranched alkanes of at least 4 members (excludes halogenated alkanes) is 6. The molecule has 140 valence electrons. The first-order chi connectivity index (χ1) is 11.6. The van der Waals surface area contributed by atoms with E-state index in [1.165, 1.54) is 0 Å². The Labute approximate surface area is 147 Å². The molecule has 1 saturated heterocycles. The van der Waals surface area contributed by atoms with Crippen molar-refractivity contribution in [1.82, 2.24) is 0 Å². The van der Waals surface area contributed by atoms with E-state index in [0.29, 0.717) is 31.0 Å². The van der Waals surface area contributed by atoms with Crippen molar-refractivity contribution >= 4 is 5.78 Å². The molecule has 1 aliphatic carbocycles. The molecule has 0 bridgehead atoms. The van der Waals surface area contributed by atoms with Gasteiger partial charge in [-0.2, -0.15) is 0 Å². The van der Waals surface area contributed by atoms with Crippen LogP contribution in [-0.2, 0) is 9.53 Å². The molecule has 4 atom stereocenters. The van der Waals surface area contributed by atoms with Crippen molar-refractivity contribution in [2.75, 3.05) is 6.61 Å². The third-order valence-corrected chi connectivity index (χ3v) is 5.89. The number of aliphatic hydroxyl groups is 2. The molecule has 2 aliphatic rings. The van der Waals surface area contributed by atoms with Crippen molar-refractivity contribution < 1.29 is 19.7 Å². The van der Waals surface area contributed by atoms with Crippen LogP contribution in [0, 0.1) is 11.8 Å². The number of hydrogen-bond acceptors (Lipinski definition) is 4. The molecular weight excluding hydrogens is 304 g/mol. The molecule has 4 heteroatoms. The third kappa shape index (κ3) is 5.53. The summed E-state index contributed by atoms with van der Waals surface area (Å²) >= 11 is 0. The number of Topliss-reactive ketones (excluding diaryl/α,β-unsaturated/α-hetero) is 1. The van der Waals surface area contributed by atoms with E-state index in [9.17, 15) is 9.90 Å². The zero-order valence-corrected chi connectivity index (χ0v) is 15.3. The highest BCUT2D eigenvalue weighted by Crippen LogP contribution is 2.45. The molecule has 2 N–H and O–H groups in total. The summed E-state index contributed by atoms with van der Waals surface area (Å²) in [5, 5.41) is 19.5. The van der Waals surface area contributed by atoms with E-state index in [2.05, 4.69) is 6.92 Å². The van der Waals surface area contributed by atoms with E-state index in [1.807, 2.05) is 0 Å². The number of ether oxygens (including phenoxy) is 1. The maximum Gasteiger partial charge on any atom is 0.165 e. The number of aliphatic hydroxyl groups excluding tert-OH is 1. The Balaban J connectivity index is 1.75. The Bertz CT molecular complexity index is 384. The molecule has 1 heterocycles. The fraction of sp³-hybridized carbons (Fsp3) is 0.950. The second kappa shape index (κ2) is 9.88. The van der Waals surface area contributed by atoms with Crippen LogP contribution in [0.5, 0.6) is 0 Å². The van der Waals surface area contributed by atoms with Crippen LogP contribution < -0.4 is 0 Å². The molecule has 0 aromatic carbocycles. The van der Waals surface area contributed by atoms with Gasteiger partial charge in [-0.25, -0.2) is 0 Å². The van der Waals surface area contributed by atoms with E-state index >= 15 is 0 Å². The summed E-state index contributed by atoms with van der Waals surface area (Å²) < 4.78 is 6.01. The van der Waals surface area contributed by atoms with Crippen LogP contribution in [0.25, 0.3) is 0 Å². The first kappa shape index (κ1) is 19.9. The summed E-state index contributed by atoms with van der Waals surface area (Å²) in [6.07, 6.45) is 12.3. The second-order valence-corrected chi connectivity index (χ2v) is 7.82. The SMILES string of the molecule is CCCCC[C@@]1(O)CC[C@H]2[C@@H](CC(=O)[C@@H]2CCCCCCCO)O1. The van der Waals surface area contributed by atoms with Gasteiger partial charge in [0.2, 0.25) is 0 Å². The molecule has 1 saturated carbocycles. The van der Waals surface area contributed by atoms with Crippen molar-refractivity contribution in [3.63, 3.8) is 0 Å². The van der Waals surface area contributed by atoms with Gasteiger partial charge in [0, 0.05) is 31.8 Å². The van der Waals surface area contributed by atoms with Gasteiger partial charge < -0.3 is 14.9 Å². The predicted octanol–water partition coefficient (Wildman–Crippen LogP) is 3.97. The molecule has 0 unspecified atom stereocenters. The van der Waals surface area contributed by atoms with Crippen molar-refractivity contribution in [2.45, 2.75) is 102 Å². The van der Waals surface area contributed by atoms with E-state index < -0.39 is 5.79 Å². The van der Waals surface area contributed by atoms with Crippen molar-refractivity contribution in [3.05, 3.63) is 0 Å². The maximum atomic E-state index is 12.4. The lowest BCUT2D eigenvalue weighted by atomic mass is 9.82. The molecule has 0 amide bonds. The molecule has 2 rings (SSSR count).